The van der Waals surface area contributed by atoms with Crippen molar-refractivity contribution < 1.29 is 28.7 Å². The molecule has 8 heteroatoms. The molecule has 174 valence electrons. The highest BCUT2D eigenvalue weighted by molar-refractivity contribution is 5.89. The molecule has 1 fully saturated rings. The highest BCUT2D eigenvalue weighted by Gasteiger charge is 2.35. The molecule has 0 N–H and O–H groups in total. The van der Waals surface area contributed by atoms with Gasteiger partial charge >= 0.3 is 5.97 Å². The first-order chi connectivity index (χ1) is 15.8. The summed E-state index contributed by atoms with van der Waals surface area (Å²) in [6.45, 7) is 4.33. The van der Waals surface area contributed by atoms with Crippen molar-refractivity contribution in [3.05, 3.63) is 75.8 Å². The zero-order chi connectivity index (χ0) is 23.8. The van der Waals surface area contributed by atoms with Gasteiger partial charge in [-0.2, -0.15) is 0 Å². The standard InChI is InChI=1S/C25H27NO7/c1-4-21(30-16-18-8-6-5-7-9-18)14-22(15-23-17-31-25(2,3)33-23)32-24(27)19-10-12-20(13-11-19)26(28)29/h1,5-13,21-23H,14-17H2,2-3H3/t21-,22-,23-/m0/s1. The Morgan fingerprint density at radius 2 is 1.94 bits per heavy atom. The quantitative estimate of drug-likeness (QED) is 0.229. The van der Waals surface area contributed by atoms with Gasteiger partial charge in [0.25, 0.3) is 5.69 Å². The van der Waals surface area contributed by atoms with E-state index < -0.39 is 28.9 Å². The second-order valence-electron chi connectivity index (χ2n) is 8.21. The lowest BCUT2D eigenvalue weighted by Crippen LogP contribution is -2.30. The average molecular weight is 453 g/mol. The smallest absolute Gasteiger partial charge is 0.338 e. The van der Waals surface area contributed by atoms with Crippen LogP contribution in [0, 0.1) is 22.5 Å². The summed E-state index contributed by atoms with van der Waals surface area (Å²) < 4.78 is 23.1. The van der Waals surface area contributed by atoms with Crippen molar-refractivity contribution in [2.75, 3.05) is 6.61 Å². The minimum Gasteiger partial charge on any atom is -0.459 e. The number of terminal acetylenes is 1. The normalized spacial score (nSPS) is 18.8. The van der Waals surface area contributed by atoms with E-state index in [1.54, 1.807) is 0 Å². The number of rotatable bonds is 10. The van der Waals surface area contributed by atoms with Crippen LogP contribution in [0.2, 0.25) is 0 Å². The Morgan fingerprint density at radius 1 is 1.24 bits per heavy atom. The van der Waals surface area contributed by atoms with Crippen molar-refractivity contribution in [1.29, 1.82) is 0 Å². The number of ether oxygens (including phenoxy) is 4. The van der Waals surface area contributed by atoms with Crippen molar-refractivity contribution in [2.24, 2.45) is 0 Å². The third kappa shape index (κ3) is 7.39. The summed E-state index contributed by atoms with van der Waals surface area (Å²) in [6.07, 6.45) is 4.86. The van der Waals surface area contributed by atoms with Gasteiger partial charge < -0.3 is 18.9 Å². The molecule has 0 aliphatic carbocycles. The number of nitro benzene ring substituents is 1. The largest absolute Gasteiger partial charge is 0.459 e. The lowest BCUT2D eigenvalue weighted by Gasteiger charge is -2.24. The first kappa shape index (κ1) is 24.4. The van der Waals surface area contributed by atoms with Gasteiger partial charge in [-0.3, -0.25) is 10.1 Å². The van der Waals surface area contributed by atoms with E-state index in [0.29, 0.717) is 19.6 Å². The molecule has 2 aromatic carbocycles. The van der Waals surface area contributed by atoms with Crippen LogP contribution in [0.25, 0.3) is 0 Å². The fourth-order valence-corrected chi connectivity index (χ4v) is 3.50. The summed E-state index contributed by atoms with van der Waals surface area (Å²) >= 11 is 0. The van der Waals surface area contributed by atoms with E-state index in [9.17, 15) is 14.9 Å². The van der Waals surface area contributed by atoms with Crippen LogP contribution in [0.1, 0.15) is 42.6 Å². The van der Waals surface area contributed by atoms with E-state index >= 15 is 0 Å². The van der Waals surface area contributed by atoms with Gasteiger partial charge in [-0.1, -0.05) is 36.3 Å². The van der Waals surface area contributed by atoms with Crippen molar-refractivity contribution in [1.82, 2.24) is 0 Å². The molecular formula is C25H27NO7. The highest BCUT2D eigenvalue weighted by atomic mass is 16.7. The minimum absolute atomic E-state index is 0.108. The van der Waals surface area contributed by atoms with E-state index in [4.69, 9.17) is 25.4 Å². The van der Waals surface area contributed by atoms with E-state index in [2.05, 4.69) is 5.92 Å². The summed E-state index contributed by atoms with van der Waals surface area (Å²) in [5.74, 6) is 1.30. The Labute approximate surface area is 192 Å². The van der Waals surface area contributed by atoms with E-state index in [-0.39, 0.29) is 23.8 Å². The Bertz CT molecular complexity index is 982. The number of nitrogens with zero attached hydrogens (tertiary/aromatic N) is 1. The first-order valence-electron chi connectivity index (χ1n) is 10.6. The van der Waals surface area contributed by atoms with Crippen molar-refractivity contribution >= 4 is 11.7 Å². The molecule has 0 saturated carbocycles. The van der Waals surface area contributed by atoms with Gasteiger partial charge in [0.05, 0.1) is 29.8 Å². The summed E-state index contributed by atoms with van der Waals surface area (Å²) in [6, 6.07) is 14.9. The third-order valence-corrected chi connectivity index (χ3v) is 5.14. The van der Waals surface area contributed by atoms with Gasteiger partial charge in [-0.25, -0.2) is 4.79 Å². The van der Waals surface area contributed by atoms with E-state index in [1.807, 2.05) is 44.2 Å². The Balaban J connectivity index is 1.67. The van der Waals surface area contributed by atoms with Gasteiger partial charge in [0.2, 0.25) is 0 Å². The topological polar surface area (TPSA) is 97.1 Å². The second kappa shape index (κ2) is 11.1. The predicted molar refractivity (Wildman–Crippen MR) is 120 cm³/mol. The Kier molecular flexibility index (Phi) is 8.17. The van der Waals surface area contributed by atoms with Gasteiger partial charge in [-0.15, -0.1) is 6.42 Å². The molecule has 3 rings (SSSR count). The molecule has 1 saturated heterocycles. The maximum absolute atomic E-state index is 12.7. The van der Waals surface area contributed by atoms with Crippen LogP contribution < -0.4 is 0 Å². The fourth-order valence-electron chi connectivity index (χ4n) is 3.50. The summed E-state index contributed by atoms with van der Waals surface area (Å²) in [4.78, 5) is 23.1. The molecule has 1 heterocycles. The number of esters is 1. The van der Waals surface area contributed by atoms with Crippen molar-refractivity contribution in [2.45, 2.75) is 57.4 Å². The number of nitro groups is 1. The van der Waals surface area contributed by atoms with Crippen LogP contribution in [0.4, 0.5) is 5.69 Å². The fraction of sp³-hybridized carbons (Fsp3) is 0.400. The number of hydrogen-bond donors (Lipinski definition) is 0. The van der Waals surface area contributed by atoms with Crippen molar-refractivity contribution in [3.63, 3.8) is 0 Å². The predicted octanol–water partition coefficient (Wildman–Crippen LogP) is 4.27. The average Bonchev–Trinajstić information content (AvgIpc) is 3.15. The van der Waals surface area contributed by atoms with Crippen LogP contribution in [0.3, 0.4) is 0 Å². The maximum atomic E-state index is 12.7. The molecular weight excluding hydrogens is 426 g/mol. The SMILES string of the molecule is C#C[C@@H](C[C@@H](C[C@H]1COC(C)(C)O1)OC(=O)c1ccc([N+](=O)[O-])cc1)OCc1ccccc1. The van der Waals surface area contributed by atoms with Crippen LogP contribution in [0.15, 0.2) is 54.6 Å². The molecule has 0 spiro atoms. The molecule has 2 aromatic rings. The zero-order valence-corrected chi connectivity index (χ0v) is 18.6. The monoisotopic (exact) mass is 453 g/mol. The van der Waals surface area contributed by atoms with Crippen molar-refractivity contribution in [3.8, 4) is 12.3 Å². The van der Waals surface area contributed by atoms with Crippen LogP contribution >= 0.6 is 0 Å². The van der Waals surface area contributed by atoms with Crippen LogP contribution in [-0.2, 0) is 25.6 Å². The van der Waals surface area contributed by atoms with Crippen LogP contribution in [0.5, 0.6) is 0 Å². The number of carbonyl (C=O) groups excluding carboxylic acids is 1. The molecule has 33 heavy (non-hydrogen) atoms. The third-order valence-electron chi connectivity index (χ3n) is 5.14. The molecule has 0 aromatic heterocycles. The highest BCUT2D eigenvalue weighted by Crippen LogP contribution is 2.27. The van der Waals surface area contributed by atoms with Crippen LogP contribution in [-0.4, -0.2) is 41.6 Å². The molecule has 0 radical (unpaired) electrons. The second-order valence-corrected chi connectivity index (χ2v) is 8.21. The number of carbonyl (C=O) groups is 1. The number of non-ortho nitro benzene ring substituents is 1. The minimum atomic E-state index is -0.715. The maximum Gasteiger partial charge on any atom is 0.338 e. The summed E-state index contributed by atoms with van der Waals surface area (Å²) in [5.41, 5.74) is 1.08. The molecule has 3 atom stereocenters. The number of hydrogen-bond acceptors (Lipinski definition) is 7. The molecule has 0 bridgehead atoms. The van der Waals surface area contributed by atoms with E-state index in [1.165, 1.54) is 24.3 Å². The molecule has 1 aliphatic heterocycles. The first-order valence-corrected chi connectivity index (χ1v) is 10.6. The molecule has 8 nitrogen and oxygen atoms in total. The molecule has 1 aliphatic rings. The Morgan fingerprint density at radius 3 is 2.52 bits per heavy atom. The van der Waals surface area contributed by atoms with Gasteiger partial charge in [0.15, 0.2) is 5.79 Å². The summed E-state index contributed by atoms with van der Waals surface area (Å²) in [5, 5.41) is 10.9. The number of benzene rings is 2. The van der Waals surface area contributed by atoms with Gasteiger partial charge in [0.1, 0.15) is 12.2 Å². The summed E-state index contributed by atoms with van der Waals surface area (Å²) in [7, 11) is 0. The lowest BCUT2D eigenvalue weighted by atomic mass is 10.0. The Hall–Kier alpha value is -3.25. The molecule has 0 unspecified atom stereocenters. The molecule has 0 amide bonds. The lowest BCUT2D eigenvalue weighted by molar-refractivity contribution is -0.384. The van der Waals surface area contributed by atoms with Gasteiger partial charge in [-0.05, 0) is 31.5 Å². The van der Waals surface area contributed by atoms with E-state index in [0.717, 1.165) is 5.56 Å². The van der Waals surface area contributed by atoms with Gasteiger partial charge in [0, 0.05) is 25.0 Å². The zero-order valence-electron chi connectivity index (χ0n) is 18.6.